The number of nitrogens with zero attached hydrogens (tertiary/aromatic N) is 1. The molecule has 0 unspecified atom stereocenters. The number of hydrogen-bond donors (Lipinski definition) is 2. The number of amides is 1. The first-order valence-corrected chi connectivity index (χ1v) is 4.83. The van der Waals surface area contributed by atoms with Gasteiger partial charge in [0.1, 0.15) is 5.75 Å². The minimum absolute atomic E-state index is 0.213. The molecule has 17 heavy (non-hydrogen) atoms. The molecule has 1 aromatic carbocycles. The van der Waals surface area contributed by atoms with E-state index in [9.17, 15) is 9.59 Å². The average molecular weight is 231 g/mol. The van der Waals surface area contributed by atoms with Gasteiger partial charge >= 0.3 is 6.09 Å². The zero-order chi connectivity index (χ0) is 12.1. The van der Waals surface area contributed by atoms with Gasteiger partial charge in [-0.15, -0.1) is 0 Å². The Bertz CT molecular complexity index is 545. The van der Waals surface area contributed by atoms with Gasteiger partial charge in [0.25, 0.3) is 5.56 Å². The van der Waals surface area contributed by atoms with Crippen molar-refractivity contribution in [3.63, 3.8) is 0 Å². The van der Waals surface area contributed by atoms with Crippen molar-refractivity contribution in [2.75, 3.05) is 5.32 Å². The lowest BCUT2D eigenvalue weighted by Gasteiger charge is -2.04. The third-order valence-corrected chi connectivity index (χ3v) is 1.86. The van der Waals surface area contributed by atoms with E-state index in [0.29, 0.717) is 5.75 Å². The summed E-state index contributed by atoms with van der Waals surface area (Å²) in [6, 6.07) is 8.62. The van der Waals surface area contributed by atoms with Gasteiger partial charge in [0.2, 0.25) is 0 Å². The van der Waals surface area contributed by atoms with Crippen LogP contribution in [0.5, 0.6) is 5.75 Å². The molecule has 0 aliphatic rings. The second kappa shape index (κ2) is 4.93. The Kier molecular flexibility index (Phi) is 3.15. The first-order chi connectivity index (χ1) is 8.24. The molecule has 0 radical (unpaired) electrons. The number of aromatic nitrogens is 2. The number of nitrogens with one attached hydrogen (secondary N) is 2. The highest BCUT2D eigenvalue weighted by molar-refractivity contribution is 5.84. The molecule has 0 fully saturated rings. The second-order valence-electron chi connectivity index (χ2n) is 3.12. The summed E-state index contributed by atoms with van der Waals surface area (Å²) in [6.45, 7) is 0. The monoisotopic (exact) mass is 231 g/mol. The van der Waals surface area contributed by atoms with Crippen LogP contribution in [0.3, 0.4) is 0 Å². The molecular weight excluding hydrogens is 222 g/mol. The molecule has 0 bridgehead atoms. The van der Waals surface area contributed by atoms with Crippen LogP contribution in [0.1, 0.15) is 0 Å². The van der Waals surface area contributed by atoms with Crippen LogP contribution in [-0.2, 0) is 0 Å². The van der Waals surface area contributed by atoms with Crippen molar-refractivity contribution in [1.29, 1.82) is 0 Å². The fourth-order valence-corrected chi connectivity index (χ4v) is 1.14. The number of carbonyl (C=O) groups is 1. The molecule has 0 saturated carbocycles. The third-order valence-electron chi connectivity index (χ3n) is 1.86. The van der Waals surface area contributed by atoms with Gasteiger partial charge in [-0.05, 0) is 12.1 Å². The zero-order valence-corrected chi connectivity index (χ0v) is 8.71. The normalized spacial score (nSPS) is 9.65. The molecule has 1 heterocycles. The number of rotatable bonds is 2. The van der Waals surface area contributed by atoms with Crippen LogP contribution in [-0.4, -0.2) is 16.1 Å². The number of para-hydroxylation sites is 1. The molecular formula is C11H9N3O3. The largest absolute Gasteiger partial charge is 0.418 e. The first kappa shape index (κ1) is 10.9. The third kappa shape index (κ3) is 3.16. The van der Waals surface area contributed by atoms with E-state index in [1.807, 2.05) is 6.07 Å². The molecule has 2 rings (SSSR count). The fraction of sp³-hybridized carbons (Fsp3) is 0. The van der Waals surface area contributed by atoms with Gasteiger partial charge in [0.15, 0.2) is 5.82 Å². The molecule has 2 aromatic rings. The van der Waals surface area contributed by atoms with Crippen LogP contribution in [0.4, 0.5) is 10.6 Å². The van der Waals surface area contributed by atoms with E-state index in [1.54, 1.807) is 24.3 Å². The number of anilines is 1. The molecule has 1 amide bonds. The Labute approximate surface area is 96.3 Å². The first-order valence-electron chi connectivity index (χ1n) is 4.83. The van der Waals surface area contributed by atoms with Crippen molar-refractivity contribution in [2.45, 2.75) is 0 Å². The van der Waals surface area contributed by atoms with Gasteiger partial charge in [0.05, 0.1) is 6.20 Å². The summed E-state index contributed by atoms with van der Waals surface area (Å²) in [7, 11) is 0. The van der Waals surface area contributed by atoms with Crippen molar-refractivity contribution < 1.29 is 9.53 Å². The van der Waals surface area contributed by atoms with Crippen LogP contribution < -0.4 is 15.6 Å². The van der Waals surface area contributed by atoms with Gasteiger partial charge in [-0.2, -0.15) is 0 Å². The molecule has 1 aromatic heterocycles. The van der Waals surface area contributed by atoms with Crippen molar-refractivity contribution in [3.05, 3.63) is 53.1 Å². The van der Waals surface area contributed by atoms with E-state index in [0.717, 1.165) is 6.20 Å². The zero-order valence-electron chi connectivity index (χ0n) is 8.71. The number of ether oxygens (including phenoxy) is 1. The van der Waals surface area contributed by atoms with Gasteiger partial charge < -0.3 is 9.72 Å². The molecule has 86 valence electrons. The smallest absolute Gasteiger partial charge is 0.410 e. The topological polar surface area (TPSA) is 84.1 Å². The summed E-state index contributed by atoms with van der Waals surface area (Å²) >= 11 is 0. The molecule has 6 heteroatoms. The highest BCUT2D eigenvalue weighted by Gasteiger charge is 2.05. The fourth-order valence-electron chi connectivity index (χ4n) is 1.14. The van der Waals surface area contributed by atoms with Crippen LogP contribution >= 0.6 is 0 Å². The molecule has 2 N–H and O–H groups in total. The Hall–Kier alpha value is -2.63. The number of benzene rings is 1. The van der Waals surface area contributed by atoms with E-state index in [1.165, 1.54) is 6.20 Å². The number of hydrogen-bond acceptors (Lipinski definition) is 4. The van der Waals surface area contributed by atoms with Crippen molar-refractivity contribution >= 4 is 11.9 Å². The quantitative estimate of drug-likeness (QED) is 0.817. The average Bonchev–Trinajstić information content (AvgIpc) is 2.33. The molecule has 0 aliphatic heterocycles. The molecule has 0 saturated heterocycles. The van der Waals surface area contributed by atoms with Gasteiger partial charge in [0, 0.05) is 6.20 Å². The highest BCUT2D eigenvalue weighted by atomic mass is 16.6. The van der Waals surface area contributed by atoms with E-state index in [2.05, 4.69) is 15.3 Å². The minimum atomic E-state index is -0.671. The maximum absolute atomic E-state index is 11.4. The van der Waals surface area contributed by atoms with Crippen LogP contribution in [0, 0.1) is 0 Å². The summed E-state index contributed by atoms with van der Waals surface area (Å²) in [6.07, 6.45) is 1.68. The number of H-pyrrole nitrogens is 1. The Morgan fingerprint density at radius 3 is 2.71 bits per heavy atom. The minimum Gasteiger partial charge on any atom is -0.410 e. The van der Waals surface area contributed by atoms with Crippen LogP contribution in [0.15, 0.2) is 47.5 Å². The van der Waals surface area contributed by atoms with Crippen molar-refractivity contribution in [3.8, 4) is 5.75 Å². The van der Waals surface area contributed by atoms with Gasteiger partial charge in [-0.1, -0.05) is 18.2 Å². The highest BCUT2D eigenvalue weighted by Crippen LogP contribution is 2.09. The summed E-state index contributed by atoms with van der Waals surface area (Å²) in [4.78, 5) is 28.2. The predicted octanol–water partition coefficient (Wildman–Crippen LogP) is 1.38. The van der Waals surface area contributed by atoms with E-state index < -0.39 is 6.09 Å². The maximum atomic E-state index is 11.4. The lowest BCUT2D eigenvalue weighted by molar-refractivity contribution is 0.215. The lowest BCUT2D eigenvalue weighted by atomic mass is 10.3. The lowest BCUT2D eigenvalue weighted by Crippen LogP contribution is -2.18. The van der Waals surface area contributed by atoms with Crippen molar-refractivity contribution in [2.24, 2.45) is 0 Å². The summed E-state index contributed by atoms with van der Waals surface area (Å²) in [5.74, 6) is 0.639. The van der Waals surface area contributed by atoms with E-state index in [4.69, 9.17) is 4.74 Å². The van der Waals surface area contributed by atoms with Crippen LogP contribution in [0.25, 0.3) is 0 Å². The Morgan fingerprint density at radius 1 is 1.29 bits per heavy atom. The summed E-state index contributed by atoms with van der Waals surface area (Å²) in [5.41, 5.74) is -0.341. The second-order valence-corrected chi connectivity index (χ2v) is 3.12. The summed E-state index contributed by atoms with van der Waals surface area (Å²) < 4.78 is 4.97. The molecule has 0 atom stereocenters. The molecule has 0 aliphatic carbocycles. The predicted molar refractivity (Wildman–Crippen MR) is 60.9 cm³/mol. The SMILES string of the molecule is O=C(Nc1c[nH]c(=O)cn1)Oc1ccccc1. The number of aromatic amines is 1. The van der Waals surface area contributed by atoms with Gasteiger partial charge in [-0.25, -0.2) is 9.78 Å². The van der Waals surface area contributed by atoms with E-state index in [-0.39, 0.29) is 11.4 Å². The Balaban J connectivity index is 1.98. The van der Waals surface area contributed by atoms with Gasteiger partial charge in [-0.3, -0.25) is 10.1 Å². The molecule has 0 spiro atoms. The number of carbonyl (C=O) groups excluding carboxylic acids is 1. The summed E-state index contributed by atoms with van der Waals surface area (Å²) in [5, 5.41) is 2.38. The van der Waals surface area contributed by atoms with Crippen molar-refractivity contribution in [1.82, 2.24) is 9.97 Å². The standard InChI is InChI=1S/C11H9N3O3/c15-10-7-12-9(6-13-10)14-11(16)17-8-4-2-1-3-5-8/h1-7H,(H,13,15)(H,12,14,16). The maximum Gasteiger partial charge on any atom is 0.418 e. The van der Waals surface area contributed by atoms with E-state index >= 15 is 0 Å². The molecule has 6 nitrogen and oxygen atoms in total. The van der Waals surface area contributed by atoms with Crippen LogP contribution in [0.2, 0.25) is 0 Å². The Morgan fingerprint density at radius 2 is 2.06 bits per heavy atom.